The Morgan fingerprint density at radius 2 is 1.47 bits per heavy atom. The summed E-state index contributed by atoms with van der Waals surface area (Å²) in [6.07, 6.45) is 4.66. The summed E-state index contributed by atoms with van der Waals surface area (Å²) >= 11 is 0. The Balaban J connectivity index is 1.86. The van der Waals surface area contributed by atoms with Gasteiger partial charge in [-0.3, -0.25) is 0 Å². The number of halogens is 2. The summed E-state index contributed by atoms with van der Waals surface area (Å²) in [6.45, 7) is 1.17. The zero-order valence-corrected chi connectivity index (χ0v) is 10.9. The Bertz CT molecular complexity index is 432. The highest BCUT2D eigenvalue weighted by Crippen LogP contribution is 2.37. The van der Waals surface area contributed by atoms with E-state index >= 15 is 0 Å². The van der Waals surface area contributed by atoms with E-state index in [1.165, 1.54) is 37.8 Å². The molecule has 1 aromatic rings. The minimum atomic E-state index is -0.551. The predicted octanol–water partition coefficient (Wildman–Crippen LogP) is 3.08. The van der Waals surface area contributed by atoms with Crippen LogP contribution >= 0.6 is 0 Å². The molecule has 0 atom stereocenters. The molecule has 2 nitrogen and oxygen atoms in total. The van der Waals surface area contributed by atoms with Crippen molar-refractivity contribution in [1.82, 2.24) is 0 Å². The lowest BCUT2D eigenvalue weighted by molar-refractivity contribution is 0.280. The van der Waals surface area contributed by atoms with Crippen LogP contribution in [0.5, 0.6) is 0 Å². The highest BCUT2D eigenvalue weighted by atomic mass is 19.1. The molecule has 2 aliphatic carbocycles. The molecule has 2 saturated carbocycles. The summed E-state index contributed by atoms with van der Waals surface area (Å²) in [4.78, 5) is 1.88. The van der Waals surface area contributed by atoms with Gasteiger partial charge in [0.25, 0.3) is 0 Å². The molecule has 104 valence electrons. The van der Waals surface area contributed by atoms with E-state index in [9.17, 15) is 8.78 Å². The normalized spacial score (nSPS) is 18.7. The van der Waals surface area contributed by atoms with E-state index in [0.717, 1.165) is 13.1 Å². The Hall–Kier alpha value is -1.16. The van der Waals surface area contributed by atoms with Crippen LogP contribution in [0.25, 0.3) is 0 Å². The summed E-state index contributed by atoms with van der Waals surface area (Å²) in [5, 5.41) is 8.98. The third-order valence-corrected chi connectivity index (χ3v) is 3.93. The molecule has 1 N–H and O–H groups in total. The van der Waals surface area contributed by atoms with Crippen LogP contribution in [-0.4, -0.2) is 18.2 Å². The first-order valence-electron chi connectivity index (χ1n) is 7.01. The molecule has 4 heteroatoms. The first kappa shape index (κ1) is 12.9. The van der Waals surface area contributed by atoms with Gasteiger partial charge in [-0.2, -0.15) is 0 Å². The van der Waals surface area contributed by atoms with E-state index in [4.69, 9.17) is 5.11 Å². The fourth-order valence-corrected chi connectivity index (χ4v) is 2.49. The van der Waals surface area contributed by atoms with E-state index in [0.29, 0.717) is 11.8 Å². The van der Waals surface area contributed by atoms with Crippen LogP contribution in [0.4, 0.5) is 14.5 Å². The Labute approximate surface area is 112 Å². The molecule has 19 heavy (non-hydrogen) atoms. The maximum atomic E-state index is 14.1. The molecule has 0 aromatic heterocycles. The lowest BCUT2D eigenvalue weighted by Gasteiger charge is -2.26. The van der Waals surface area contributed by atoms with E-state index in [2.05, 4.69) is 0 Å². The monoisotopic (exact) mass is 267 g/mol. The van der Waals surface area contributed by atoms with E-state index in [-0.39, 0.29) is 17.9 Å². The van der Waals surface area contributed by atoms with E-state index in [1.807, 2.05) is 4.90 Å². The Kier molecular flexibility index (Phi) is 3.44. The highest BCUT2D eigenvalue weighted by Gasteiger charge is 2.31. The van der Waals surface area contributed by atoms with E-state index < -0.39 is 11.6 Å². The summed E-state index contributed by atoms with van der Waals surface area (Å²) in [5.74, 6) is 0.0841. The standard InChI is InChI=1S/C15H19F2NO/c16-13-5-12(9-19)6-14(17)15(13)18(7-10-1-2-10)8-11-3-4-11/h5-6,10-11,19H,1-4,7-9H2. The average Bonchev–Trinajstić information content (AvgIpc) is 3.23. The van der Waals surface area contributed by atoms with Gasteiger partial charge in [0.15, 0.2) is 0 Å². The summed E-state index contributed by atoms with van der Waals surface area (Å²) in [6, 6.07) is 2.48. The summed E-state index contributed by atoms with van der Waals surface area (Å²) < 4.78 is 28.2. The lowest BCUT2D eigenvalue weighted by atomic mass is 10.1. The minimum Gasteiger partial charge on any atom is -0.392 e. The van der Waals surface area contributed by atoms with Gasteiger partial charge < -0.3 is 10.0 Å². The fraction of sp³-hybridized carbons (Fsp3) is 0.600. The summed E-state index contributed by atoms with van der Waals surface area (Å²) in [5.41, 5.74) is 0.382. The Morgan fingerprint density at radius 1 is 1.00 bits per heavy atom. The molecule has 0 spiro atoms. The minimum absolute atomic E-state index is 0.0935. The molecule has 1 aromatic carbocycles. The predicted molar refractivity (Wildman–Crippen MR) is 69.9 cm³/mol. The molecule has 3 rings (SSSR count). The smallest absolute Gasteiger partial charge is 0.149 e. The van der Waals surface area contributed by atoms with Crippen LogP contribution in [0, 0.1) is 23.5 Å². The number of aliphatic hydroxyl groups excluding tert-OH is 1. The second kappa shape index (κ2) is 5.08. The van der Waals surface area contributed by atoms with Crippen LogP contribution in [0.3, 0.4) is 0 Å². The van der Waals surface area contributed by atoms with Crippen molar-refractivity contribution in [1.29, 1.82) is 0 Å². The van der Waals surface area contributed by atoms with Crippen molar-refractivity contribution >= 4 is 5.69 Å². The third kappa shape index (κ3) is 3.06. The van der Waals surface area contributed by atoms with Crippen LogP contribution in [0.15, 0.2) is 12.1 Å². The number of anilines is 1. The quantitative estimate of drug-likeness (QED) is 0.856. The number of nitrogens with zero attached hydrogens (tertiary/aromatic N) is 1. The first-order chi connectivity index (χ1) is 9.17. The molecule has 2 aliphatic rings. The van der Waals surface area contributed by atoms with Crippen molar-refractivity contribution < 1.29 is 13.9 Å². The molecule has 0 heterocycles. The van der Waals surface area contributed by atoms with Gasteiger partial charge in [0, 0.05) is 13.1 Å². The maximum absolute atomic E-state index is 14.1. The second-order valence-electron chi connectivity index (χ2n) is 5.86. The number of hydrogen-bond donors (Lipinski definition) is 1. The van der Waals surface area contributed by atoms with Crippen LogP contribution in [0.2, 0.25) is 0 Å². The van der Waals surface area contributed by atoms with Gasteiger partial charge in [-0.05, 0) is 55.2 Å². The number of hydrogen-bond acceptors (Lipinski definition) is 2. The lowest BCUT2D eigenvalue weighted by Crippen LogP contribution is -2.30. The van der Waals surface area contributed by atoms with Gasteiger partial charge in [0.05, 0.1) is 6.61 Å². The van der Waals surface area contributed by atoms with Gasteiger partial charge in [-0.25, -0.2) is 8.78 Å². The van der Waals surface area contributed by atoms with Crippen LogP contribution in [-0.2, 0) is 6.61 Å². The number of rotatable bonds is 6. The van der Waals surface area contributed by atoms with Crippen molar-refractivity contribution in [3.63, 3.8) is 0 Å². The van der Waals surface area contributed by atoms with Gasteiger partial charge >= 0.3 is 0 Å². The maximum Gasteiger partial charge on any atom is 0.149 e. The van der Waals surface area contributed by atoms with Crippen molar-refractivity contribution in [3.8, 4) is 0 Å². The van der Waals surface area contributed by atoms with Crippen LogP contribution < -0.4 is 4.90 Å². The molecule has 2 fully saturated rings. The zero-order valence-electron chi connectivity index (χ0n) is 10.9. The van der Waals surface area contributed by atoms with Gasteiger partial charge in [0.2, 0.25) is 0 Å². The Morgan fingerprint density at radius 3 is 1.84 bits per heavy atom. The molecular formula is C15H19F2NO. The first-order valence-corrected chi connectivity index (χ1v) is 7.01. The summed E-state index contributed by atoms with van der Waals surface area (Å²) in [7, 11) is 0. The molecule has 0 radical (unpaired) electrons. The topological polar surface area (TPSA) is 23.5 Å². The molecule has 0 saturated heterocycles. The SMILES string of the molecule is OCc1cc(F)c(N(CC2CC2)CC2CC2)c(F)c1. The number of benzene rings is 1. The fourth-order valence-electron chi connectivity index (χ4n) is 2.49. The van der Waals surface area contributed by atoms with Crippen molar-refractivity contribution in [2.75, 3.05) is 18.0 Å². The molecule has 0 bridgehead atoms. The molecule has 0 unspecified atom stereocenters. The number of aliphatic hydroxyl groups is 1. The van der Waals surface area contributed by atoms with Crippen molar-refractivity contribution in [2.24, 2.45) is 11.8 Å². The zero-order chi connectivity index (χ0) is 13.4. The largest absolute Gasteiger partial charge is 0.392 e. The van der Waals surface area contributed by atoms with Crippen LogP contribution in [0.1, 0.15) is 31.2 Å². The van der Waals surface area contributed by atoms with Gasteiger partial charge in [-0.15, -0.1) is 0 Å². The van der Waals surface area contributed by atoms with Gasteiger partial charge in [-0.1, -0.05) is 0 Å². The molecular weight excluding hydrogens is 248 g/mol. The average molecular weight is 267 g/mol. The highest BCUT2D eigenvalue weighted by molar-refractivity contribution is 5.51. The van der Waals surface area contributed by atoms with Gasteiger partial charge in [0.1, 0.15) is 17.3 Å². The second-order valence-corrected chi connectivity index (χ2v) is 5.86. The third-order valence-electron chi connectivity index (χ3n) is 3.93. The molecule has 0 aliphatic heterocycles. The molecule has 0 amide bonds. The van der Waals surface area contributed by atoms with Crippen molar-refractivity contribution in [3.05, 3.63) is 29.3 Å². The van der Waals surface area contributed by atoms with E-state index in [1.54, 1.807) is 0 Å². The van der Waals surface area contributed by atoms with Crippen molar-refractivity contribution in [2.45, 2.75) is 32.3 Å².